The van der Waals surface area contributed by atoms with Gasteiger partial charge in [0.25, 0.3) is 0 Å². The average Bonchev–Trinajstić information content (AvgIpc) is 2.70. The van der Waals surface area contributed by atoms with Gasteiger partial charge in [-0.05, 0) is 44.7 Å². The van der Waals surface area contributed by atoms with Gasteiger partial charge in [0.15, 0.2) is 0 Å². The van der Waals surface area contributed by atoms with E-state index in [4.69, 9.17) is 4.74 Å². The quantitative estimate of drug-likeness (QED) is 0.621. The molecular formula is C20H27NO4. The molecule has 0 spiro atoms. The summed E-state index contributed by atoms with van der Waals surface area (Å²) in [7, 11) is 1.53. The number of carbonyl (C=O) groups is 3. The maximum Gasteiger partial charge on any atom is 0.310 e. The van der Waals surface area contributed by atoms with E-state index in [1.54, 1.807) is 0 Å². The molecule has 2 amide bonds. The zero-order valence-electron chi connectivity index (χ0n) is 15.9. The second-order valence-electron chi connectivity index (χ2n) is 8.08. The molecule has 1 aromatic rings. The molecule has 1 aliphatic heterocycles. The smallest absolute Gasteiger partial charge is 0.310 e. The monoisotopic (exact) mass is 345 g/mol. The van der Waals surface area contributed by atoms with Crippen molar-refractivity contribution in [2.75, 3.05) is 7.05 Å². The number of ether oxygens (including phenoxy) is 1. The molecule has 1 saturated heterocycles. The third-order valence-corrected chi connectivity index (χ3v) is 4.89. The minimum atomic E-state index is -0.724. The van der Waals surface area contributed by atoms with Crippen molar-refractivity contribution >= 4 is 17.8 Å². The van der Waals surface area contributed by atoms with Gasteiger partial charge in [0.05, 0.1) is 11.8 Å². The zero-order valence-corrected chi connectivity index (χ0v) is 15.9. The van der Waals surface area contributed by atoms with Gasteiger partial charge in [-0.3, -0.25) is 19.3 Å². The molecule has 1 fully saturated rings. The summed E-state index contributed by atoms with van der Waals surface area (Å²) in [6, 6.07) is 7.60. The molecule has 0 saturated carbocycles. The molecular weight excluding hydrogens is 318 g/mol. The Morgan fingerprint density at radius 2 is 1.80 bits per heavy atom. The van der Waals surface area contributed by atoms with Gasteiger partial charge in [0.2, 0.25) is 11.8 Å². The first kappa shape index (κ1) is 19.2. The van der Waals surface area contributed by atoms with Crippen molar-refractivity contribution in [2.45, 2.75) is 59.0 Å². The first-order valence-electron chi connectivity index (χ1n) is 8.56. The van der Waals surface area contributed by atoms with Crippen LogP contribution in [0.2, 0.25) is 0 Å². The number of benzene rings is 1. The first-order valence-corrected chi connectivity index (χ1v) is 8.56. The largest absolute Gasteiger partial charge is 0.460 e. The fraction of sp³-hybridized carbons (Fsp3) is 0.550. The van der Waals surface area contributed by atoms with E-state index in [2.05, 4.69) is 0 Å². The highest BCUT2D eigenvalue weighted by molar-refractivity contribution is 6.05. The molecule has 1 heterocycles. The van der Waals surface area contributed by atoms with Gasteiger partial charge in [0, 0.05) is 13.5 Å². The van der Waals surface area contributed by atoms with Crippen molar-refractivity contribution in [1.29, 1.82) is 0 Å². The average molecular weight is 345 g/mol. The van der Waals surface area contributed by atoms with Crippen LogP contribution in [-0.2, 0) is 25.5 Å². The topological polar surface area (TPSA) is 63.7 Å². The fourth-order valence-corrected chi connectivity index (χ4v) is 3.18. The Hall–Kier alpha value is -2.17. The lowest BCUT2D eigenvalue weighted by atomic mass is 9.73. The minimum Gasteiger partial charge on any atom is -0.460 e. The molecule has 136 valence electrons. The second kappa shape index (κ2) is 6.62. The van der Waals surface area contributed by atoms with E-state index in [0.29, 0.717) is 0 Å². The number of esters is 1. The fourth-order valence-electron chi connectivity index (χ4n) is 3.18. The van der Waals surface area contributed by atoms with Crippen molar-refractivity contribution in [3.63, 3.8) is 0 Å². The summed E-state index contributed by atoms with van der Waals surface area (Å²) in [6.07, 6.45) is 0.437. The van der Waals surface area contributed by atoms with Crippen LogP contribution in [-0.4, -0.2) is 35.3 Å². The van der Waals surface area contributed by atoms with Crippen molar-refractivity contribution in [2.24, 2.45) is 5.41 Å². The number of carbonyl (C=O) groups excluding carboxylic acids is 3. The summed E-state index contributed by atoms with van der Waals surface area (Å²) >= 11 is 0. The zero-order chi connectivity index (χ0) is 19.0. The Labute approximate surface area is 149 Å². The molecule has 2 rings (SSSR count). The number of hydrogen-bond donors (Lipinski definition) is 0. The van der Waals surface area contributed by atoms with Crippen molar-refractivity contribution in [3.05, 3.63) is 35.4 Å². The van der Waals surface area contributed by atoms with Crippen LogP contribution >= 0.6 is 0 Å². The Bertz CT molecular complexity index is 687. The summed E-state index contributed by atoms with van der Waals surface area (Å²) in [5, 5.41) is 0. The number of rotatable bonds is 4. The van der Waals surface area contributed by atoms with E-state index < -0.39 is 11.0 Å². The molecule has 1 aromatic carbocycles. The van der Waals surface area contributed by atoms with Gasteiger partial charge in [-0.2, -0.15) is 0 Å². The number of likely N-dealkylation sites (tertiary alicyclic amines) is 1. The molecule has 0 aromatic heterocycles. The number of nitrogens with zero attached hydrogens (tertiary/aromatic N) is 1. The molecule has 2 atom stereocenters. The van der Waals surface area contributed by atoms with E-state index in [9.17, 15) is 14.4 Å². The summed E-state index contributed by atoms with van der Waals surface area (Å²) in [5.41, 5.74) is 0.619. The van der Waals surface area contributed by atoms with E-state index in [1.807, 2.05) is 58.9 Å². The summed E-state index contributed by atoms with van der Waals surface area (Å²) < 4.78 is 5.33. The highest BCUT2D eigenvalue weighted by Crippen LogP contribution is 2.44. The first-order chi connectivity index (χ1) is 11.4. The lowest BCUT2D eigenvalue weighted by molar-refractivity contribution is -0.154. The Balaban J connectivity index is 2.11. The minimum absolute atomic E-state index is 0.0931. The van der Waals surface area contributed by atoms with Crippen molar-refractivity contribution < 1.29 is 19.1 Å². The molecule has 5 heteroatoms. The lowest BCUT2D eigenvalue weighted by Crippen LogP contribution is -2.34. The van der Waals surface area contributed by atoms with Crippen LogP contribution in [0.5, 0.6) is 0 Å². The van der Waals surface area contributed by atoms with Gasteiger partial charge in [-0.15, -0.1) is 0 Å². The predicted octanol–water partition coefficient (Wildman–Crippen LogP) is 3.07. The lowest BCUT2D eigenvalue weighted by Gasteiger charge is -2.29. The van der Waals surface area contributed by atoms with E-state index in [0.717, 1.165) is 11.1 Å². The van der Waals surface area contributed by atoms with Crippen molar-refractivity contribution in [1.82, 2.24) is 4.90 Å². The molecule has 0 unspecified atom stereocenters. The summed E-state index contributed by atoms with van der Waals surface area (Å²) in [5.74, 6) is -0.633. The Kier molecular flexibility index (Phi) is 5.07. The van der Waals surface area contributed by atoms with Gasteiger partial charge >= 0.3 is 5.97 Å². The van der Waals surface area contributed by atoms with Gasteiger partial charge in [-0.25, -0.2) is 0 Å². The summed E-state index contributed by atoms with van der Waals surface area (Å²) in [6.45, 7) is 9.33. The molecule has 0 N–H and O–H groups in total. The van der Waals surface area contributed by atoms with Crippen molar-refractivity contribution in [3.8, 4) is 0 Å². The normalized spacial score (nSPS) is 22.2. The van der Waals surface area contributed by atoms with E-state index in [-0.39, 0.29) is 36.5 Å². The van der Waals surface area contributed by atoms with Gasteiger partial charge < -0.3 is 4.74 Å². The molecule has 0 radical (unpaired) electrons. The summed E-state index contributed by atoms with van der Waals surface area (Å²) in [4.78, 5) is 37.4. The van der Waals surface area contributed by atoms with Crippen LogP contribution in [0.1, 0.15) is 58.1 Å². The van der Waals surface area contributed by atoms with Crippen LogP contribution in [0.4, 0.5) is 0 Å². The molecule has 5 nitrogen and oxygen atoms in total. The van der Waals surface area contributed by atoms with Gasteiger partial charge in [-0.1, -0.05) is 31.2 Å². The SMILES string of the molecule is C[C@H](c1ccc(CC(=O)OC(C)(C)C)cc1)[C@]1(C)CC(=O)N(C)C1=O. The molecule has 1 aliphatic rings. The van der Waals surface area contributed by atoms with Crippen LogP contribution in [0.3, 0.4) is 0 Å². The molecule has 25 heavy (non-hydrogen) atoms. The standard InChI is InChI=1S/C20H27NO4/c1-13(20(5)12-16(22)21(6)18(20)24)15-9-7-14(8-10-15)11-17(23)25-19(2,3)4/h7-10,13H,11-12H2,1-6H3/t13-,20+/m1/s1. The predicted molar refractivity (Wildman–Crippen MR) is 94.9 cm³/mol. The third kappa shape index (κ3) is 4.09. The maximum absolute atomic E-state index is 12.4. The Morgan fingerprint density at radius 3 is 2.24 bits per heavy atom. The highest BCUT2D eigenvalue weighted by Gasteiger charge is 2.50. The molecule has 0 aliphatic carbocycles. The van der Waals surface area contributed by atoms with Crippen LogP contribution in [0.25, 0.3) is 0 Å². The second-order valence-corrected chi connectivity index (χ2v) is 8.08. The van der Waals surface area contributed by atoms with Crippen LogP contribution in [0.15, 0.2) is 24.3 Å². The third-order valence-electron chi connectivity index (χ3n) is 4.89. The number of hydrogen-bond acceptors (Lipinski definition) is 4. The maximum atomic E-state index is 12.4. The molecule has 0 bridgehead atoms. The number of amides is 2. The Morgan fingerprint density at radius 1 is 1.24 bits per heavy atom. The number of imide groups is 1. The highest BCUT2D eigenvalue weighted by atomic mass is 16.6. The van der Waals surface area contributed by atoms with E-state index >= 15 is 0 Å². The van der Waals surface area contributed by atoms with Gasteiger partial charge in [0.1, 0.15) is 5.60 Å². The van der Waals surface area contributed by atoms with E-state index in [1.165, 1.54) is 11.9 Å². The van der Waals surface area contributed by atoms with Crippen LogP contribution < -0.4 is 0 Å². The van der Waals surface area contributed by atoms with Crippen LogP contribution in [0, 0.1) is 5.41 Å².